The van der Waals surface area contributed by atoms with Crippen molar-refractivity contribution in [2.75, 3.05) is 0 Å². The Morgan fingerprint density at radius 2 is 1.73 bits per heavy atom. The lowest BCUT2D eigenvalue weighted by atomic mass is 9.59. The third-order valence-corrected chi connectivity index (χ3v) is 7.55. The van der Waals surface area contributed by atoms with Crippen LogP contribution in [0.25, 0.3) is 11.1 Å². The highest BCUT2D eigenvalue weighted by atomic mass is 35.5. The van der Waals surface area contributed by atoms with Gasteiger partial charge in [-0.2, -0.15) is 0 Å². The molecular weight excluding hydrogens is 288 g/mol. The van der Waals surface area contributed by atoms with E-state index in [1.54, 1.807) is 11.1 Å². The molecule has 0 amide bonds. The van der Waals surface area contributed by atoms with Crippen LogP contribution in [0.3, 0.4) is 0 Å². The summed E-state index contributed by atoms with van der Waals surface area (Å²) >= 11 is 6.43. The van der Waals surface area contributed by atoms with Crippen molar-refractivity contribution in [1.82, 2.24) is 0 Å². The molecule has 0 nitrogen and oxygen atoms in total. The summed E-state index contributed by atoms with van der Waals surface area (Å²) in [5.41, 5.74) is 6.39. The van der Waals surface area contributed by atoms with E-state index in [4.69, 9.17) is 11.6 Å². The highest BCUT2D eigenvalue weighted by Gasteiger charge is 2.65. The first-order valence-electron chi connectivity index (χ1n) is 8.68. The van der Waals surface area contributed by atoms with Crippen molar-refractivity contribution in [3.05, 3.63) is 58.6 Å². The maximum absolute atomic E-state index is 6.43. The molecule has 2 aromatic rings. The summed E-state index contributed by atoms with van der Waals surface area (Å²) in [5.74, 6) is 3.67. The fraction of sp³-hybridized carbons (Fsp3) is 0.429. The molecule has 4 saturated carbocycles. The Labute approximate surface area is 136 Å². The molecule has 110 valence electrons. The molecule has 5 aliphatic carbocycles. The van der Waals surface area contributed by atoms with Crippen molar-refractivity contribution in [1.29, 1.82) is 0 Å². The smallest absolute Gasteiger partial charge is 0.0409 e. The number of hydrogen-bond donors (Lipinski definition) is 0. The van der Waals surface area contributed by atoms with Gasteiger partial charge in [0, 0.05) is 10.4 Å². The van der Waals surface area contributed by atoms with Crippen LogP contribution in [0.2, 0.25) is 5.02 Å². The van der Waals surface area contributed by atoms with Gasteiger partial charge < -0.3 is 0 Å². The minimum Gasteiger partial charge on any atom is -0.0843 e. The van der Waals surface area contributed by atoms with Gasteiger partial charge in [-0.1, -0.05) is 41.9 Å². The molecule has 0 aliphatic heterocycles. The molecule has 0 radical (unpaired) electrons. The fourth-order valence-corrected chi connectivity index (χ4v) is 7.12. The Morgan fingerprint density at radius 1 is 0.864 bits per heavy atom. The van der Waals surface area contributed by atoms with Crippen LogP contribution in [0, 0.1) is 23.7 Å². The monoisotopic (exact) mass is 306 g/mol. The lowest BCUT2D eigenvalue weighted by Crippen LogP contribution is -2.40. The van der Waals surface area contributed by atoms with Crippen molar-refractivity contribution in [3.63, 3.8) is 0 Å². The molecule has 1 spiro atoms. The maximum Gasteiger partial charge on any atom is 0.0409 e. The van der Waals surface area contributed by atoms with E-state index < -0.39 is 0 Å². The largest absolute Gasteiger partial charge is 0.0843 e. The molecule has 0 aromatic heterocycles. The maximum atomic E-state index is 6.43. The predicted octanol–water partition coefficient (Wildman–Crippen LogP) is 5.67. The first kappa shape index (κ1) is 12.2. The highest BCUT2D eigenvalue weighted by molar-refractivity contribution is 6.30. The van der Waals surface area contributed by atoms with Gasteiger partial charge in [-0.3, -0.25) is 0 Å². The molecule has 22 heavy (non-hydrogen) atoms. The van der Waals surface area contributed by atoms with E-state index in [1.807, 2.05) is 0 Å². The van der Waals surface area contributed by atoms with Crippen LogP contribution in [0.5, 0.6) is 0 Å². The molecule has 4 fully saturated rings. The minimum absolute atomic E-state index is 0.286. The zero-order chi connectivity index (χ0) is 14.5. The highest BCUT2D eigenvalue weighted by Crippen LogP contribution is 2.72. The van der Waals surface area contributed by atoms with Gasteiger partial charge in [0.1, 0.15) is 0 Å². The van der Waals surface area contributed by atoms with Crippen molar-refractivity contribution < 1.29 is 0 Å². The van der Waals surface area contributed by atoms with Gasteiger partial charge in [0.2, 0.25) is 0 Å². The molecular formula is C21H19Cl. The van der Waals surface area contributed by atoms with Crippen molar-refractivity contribution in [2.45, 2.75) is 31.1 Å². The number of halogens is 1. The Hall–Kier alpha value is -1.27. The molecule has 5 atom stereocenters. The van der Waals surface area contributed by atoms with E-state index in [9.17, 15) is 0 Å². The van der Waals surface area contributed by atoms with Gasteiger partial charge in [-0.25, -0.2) is 0 Å². The zero-order valence-electron chi connectivity index (χ0n) is 12.6. The summed E-state index contributed by atoms with van der Waals surface area (Å²) in [6.07, 6.45) is 5.82. The van der Waals surface area contributed by atoms with E-state index in [0.717, 1.165) is 28.7 Å². The normalized spacial score (nSPS) is 39.5. The first-order valence-corrected chi connectivity index (χ1v) is 9.06. The van der Waals surface area contributed by atoms with E-state index >= 15 is 0 Å². The van der Waals surface area contributed by atoms with Crippen LogP contribution in [0.1, 0.15) is 36.8 Å². The predicted molar refractivity (Wildman–Crippen MR) is 90.1 cm³/mol. The van der Waals surface area contributed by atoms with Crippen molar-refractivity contribution in [3.8, 4) is 11.1 Å². The second kappa shape index (κ2) is 3.79. The van der Waals surface area contributed by atoms with Crippen LogP contribution < -0.4 is 0 Å². The Bertz CT molecular complexity index is 803. The summed E-state index contributed by atoms with van der Waals surface area (Å²) in [6.45, 7) is 0. The molecule has 5 unspecified atom stereocenters. The molecule has 5 aliphatic rings. The van der Waals surface area contributed by atoms with E-state index in [2.05, 4.69) is 42.5 Å². The van der Waals surface area contributed by atoms with Gasteiger partial charge in [0.15, 0.2) is 0 Å². The lowest BCUT2D eigenvalue weighted by molar-refractivity contribution is 0.191. The molecule has 1 heteroatoms. The number of benzene rings is 2. The van der Waals surface area contributed by atoms with Crippen LogP contribution in [0.4, 0.5) is 0 Å². The second-order valence-electron chi connectivity index (χ2n) is 7.98. The standard InChI is InChI=1S/C21H19Cl/c22-15-5-6-17-16-3-1-2-4-18(16)21(20(17)11-15)14-8-12-7-13(10-14)19(21)9-12/h1-6,11-14,19H,7-10H2. The summed E-state index contributed by atoms with van der Waals surface area (Å²) < 4.78 is 0. The molecule has 0 saturated heterocycles. The fourth-order valence-electron chi connectivity index (χ4n) is 6.95. The third kappa shape index (κ3) is 1.18. The molecule has 0 heterocycles. The van der Waals surface area contributed by atoms with Gasteiger partial charge >= 0.3 is 0 Å². The molecule has 0 N–H and O–H groups in total. The van der Waals surface area contributed by atoms with Crippen LogP contribution in [-0.4, -0.2) is 0 Å². The molecule has 7 rings (SSSR count). The van der Waals surface area contributed by atoms with Crippen molar-refractivity contribution in [2.24, 2.45) is 23.7 Å². The van der Waals surface area contributed by atoms with Gasteiger partial charge in [0.25, 0.3) is 0 Å². The van der Waals surface area contributed by atoms with E-state index in [-0.39, 0.29) is 5.41 Å². The summed E-state index contributed by atoms with van der Waals surface area (Å²) in [4.78, 5) is 0. The zero-order valence-corrected chi connectivity index (χ0v) is 13.3. The van der Waals surface area contributed by atoms with Crippen LogP contribution in [-0.2, 0) is 5.41 Å². The number of fused-ring (bicyclic) bond motifs is 3. The summed E-state index contributed by atoms with van der Waals surface area (Å²) in [6, 6.07) is 15.8. The van der Waals surface area contributed by atoms with Crippen LogP contribution in [0.15, 0.2) is 42.5 Å². The Kier molecular flexibility index (Phi) is 2.10. The lowest BCUT2D eigenvalue weighted by Gasteiger charge is -2.43. The van der Waals surface area contributed by atoms with Gasteiger partial charge in [-0.05, 0) is 83.7 Å². The number of hydrogen-bond acceptors (Lipinski definition) is 0. The summed E-state index contributed by atoms with van der Waals surface area (Å²) in [5, 5.41) is 0.906. The van der Waals surface area contributed by atoms with Crippen LogP contribution >= 0.6 is 11.6 Å². The molecule has 2 aromatic carbocycles. The SMILES string of the molecule is Clc1ccc2c(c1)C1(c3ccccc3-2)C2CC3CC(C2)C1C3. The number of rotatable bonds is 0. The quantitative estimate of drug-likeness (QED) is 0.588. The second-order valence-corrected chi connectivity index (χ2v) is 8.41. The van der Waals surface area contributed by atoms with E-state index in [1.165, 1.54) is 36.8 Å². The third-order valence-electron chi connectivity index (χ3n) is 7.32. The summed E-state index contributed by atoms with van der Waals surface area (Å²) in [7, 11) is 0. The Balaban J connectivity index is 1.73. The average Bonchev–Trinajstić information content (AvgIpc) is 3.06. The minimum atomic E-state index is 0.286. The van der Waals surface area contributed by atoms with E-state index in [0.29, 0.717) is 0 Å². The average molecular weight is 307 g/mol. The first-order chi connectivity index (χ1) is 10.8. The Morgan fingerprint density at radius 3 is 2.64 bits per heavy atom. The van der Waals surface area contributed by atoms with Crippen molar-refractivity contribution >= 4 is 11.6 Å². The van der Waals surface area contributed by atoms with Gasteiger partial charge in [-0.15, -0.1) is 0 Å². The molecule has 4 bridgehead atoms. The van der Waals surface area contributed by atoms with Gasteiger partial charge in [0.05, 0.1) is 0 Å². The topological polar surface area (TPSA) is 0 Å².